The Hall–Kier alpha value is -2.13. The van der Waals surface area contributed by atoms with E-state index in [1.165, 1.54) is 12.0 Å². The third-order valence-electron chi connectivity index (χ3n) is 6.58. The van der Waals surface area contributed by atoms with E-state index in [2.05, 4.69) is 34.8 Å². The van der Waals surface area contributed by atoms with Crippen molar-refractivity contribution in [3.63, 3.8) is 0 Å². The lowest BCUT2D eigenvalue weighted by atomic mass is 9.77. The Kier molecular flexibility index (Phi) is 3.14. The van der Waals surface area contributed by atoms with Crippen molar-refractivity contribution >= 4 is 23.7 Å². The van der Waals surface area contributed by atoms with Crippen molar-refractivity contribution in [2.45, 2.75) is 24.7 Å². The first-order valence-electron chi connectivity index (χ1n) is 8.87. The van der Waals surface area contributed by atoms with Gasteiger partial charge in [0, 0.05) is 10.4 Å². The van der Waals surface area contributed by atoms with Crippen LogP contribution in [0.3, 0.4) is 0 Å². The van der Waals surface area contributed by atoms with Gasteiger partial charge in [0.2, 0.25) is 5.91 Å². The van der Waals surface area contributed by atoms with E-state index in [9.17, 15) is 4.79 Å². The van der Waals surface area contributed by atoms with Crippen molar-refractivity contribution < 1.29 is 4.79 Å². The molecule has 0 aliphatic heterocycles. The summed E-state index contributed by atoms with van der Waals surface area (Å²) < 4.78 is 0. The molecule has 2 aromatic rings. The molecule has 0 bridgehead atoms. The van der Waals surface area contributed by atoms with Crippen molar-refractivity contribution in [2.75, 3.05) is 0 Å². The molecule has 25 heavy (non-hydrogen) atoms. The Labute approximate surface area is 152 Å². The summed E-state index contributed by atoms with van der Waals surface area (Å²) in [6, 6.07) is 18.0. The molecule has 3 saturated carbocycles. The lowest BCUT2D eigenvalue weighted by molar-refractivity contribution is -0.126. The van der Waals surface area contributed by atoms with Crippen LogP contribution < -0.4 is 5.43 Å². The van der Waals surface area contributed by atoms with Gasteiger partial charge in [-0.25, -0.2) is 5.43 Å². The maximum Gasteiger partial charge on any atom is 0.247 e. The van der Waals surface area contributed by atoms with Crippen LogP contribution in [0.2, 0.25) is 5.02 Å². The van der Waals surface area contributed by atoms with E-state index in [0.717, 1.165) is 18.4 Å². The van der Waals surface area contributed by atoms with Crippen molar-refractivity contribution in [3.8, 4) is 0 Å². The fourth-order valence-electron chi connectivity index (χ4n) is 5.70. The van der Waals surface area contributed by atoms with Crippen LogP contribution in [-0.2, 0) is 10.2 Å². The SMILES string of the molecule is O=C(N/N=C\c1ccc(Cl)cc1)C12[C@H]3CCC[C@@H]1C32c1ccccc1. The zero-order valence-corrected chi connectivity index (χ0v) is 14.5. The molecule has 0 radical (unpaired) electrons. The first-order chi connectivity index (χ1) is 12.2. The average Bonchev–Trinajstić information content (AvgIpc) is 3.51. The van der Waals surface area contributed by atoms with Gasteiger partial charge in [-0.3, -0.25) is 4.79 Å². The minimum absolute atomic E-state index is 0.0897. The van der Waals surface area contributed by atoms with Crippen LogP contribution in [0.4, 0.5) is 0 Å². The molecule has 126 valence electrons. The van der Waals surface area contributed by atoms with Gasteiger partial charge < -0.3 is 0 Å². The van der Waals surface area contributed by atoms with Crippen molar-refractivity contribution in [1.82, 2.24) is 5.43 Å². The number of nitrogens with one attached hydrogen (secondary N) is 1. The number of halogens is 1. The lowest BCUT2D eigenvalue weighted by Crippen LogP contribution is -2.31. The molecule has 0 saturated heterocycles. The summed E-state index contributed by atoms with van der Waals surface area (Å²) in [5, 5.41) is 4.88. The predicted molar refractivity (Wildman–Crippen MR) is 98.6 cm³/mol. The van der Waals surface area contributed by atoms with E-state index in [-0.39, 0.29) is 16.7 Å². The van der Waals surface area contributed by atoms with Crippen LogP contribution in [0.5, 0.6) is 0 Å². The Bertz CT molecular complexity index is 847. The molecule has 3 aliphatic rings. The monoisotopic (exact) mass is 350 g/mol. The number of fused-ring (bicyclic) bond motifs is 2. The van der Waals surface area contributed by atoms with Crippen LogP contribution in [0, 0.1) is 17.3 Å². The third kappa shape index (κ3) is 1.82. The molecule has 0 heterocycles. The number of carbonyl (C=O) groups is 1. The highest BCUT2D eigenvalue weighted by Crippen LogP contribution is 2.97. The number of hydrogen-bond donors (Lipinski definition) is 1. The minimum Gasteiger partial charge on any atom is -0.272 e. The van der Waals surface area contributed by atoms with E-state index in [0.29, 0.717) is 16.9 Å². The van der Waals surface area contributed by atoms with Gasteiger partial charge in [-0.1, -0.05) is 60.5 Å². The van der Waals surface area contributed by atoms with Gasteiger partial charge in [-0.2, -0.15) is 5.10 Å². The summed E-state index contributed by atoms with van der Waals surface area (Å²) in [4.78, 5) is 13.0. The van der Waals surface area contributed by atoms with Gasteiger partial charge >= 0.3 is 0 Å². The van der Waals surface area contributed by atoms with Gasteiger partial charge in [-0.05, 0) is 47.9 Å². The molecule has 1 N–H and O–H groups in total. The Morgan fingerprint density at radius 1 is 1.08 bits per heavy atom. The fourth-order valence-corrected chi connectivity index (χ4v) is 5.82. The molecule has 3 aliphatic carbocycles. The topological polar surface area (TPSA) is 41.5 Å². The first kappa shape index (κ1) is 15.2. The Morgan fingerprint density at radius 3 is 2.44 bits per heavy atom. The highest BCUT2D eigenvalue weighted by atomic mass is 35.5. The summed E-state index contributed by atoms with van der Waals surface area (Å²) in [5.74, 6) is 1.08. The van der Waals surface area contributed by atoms with Crippen LogP contribution in [0.15, 0.2) is 59.7 Å². The molecule has 3 fully saturated rings. The number of hydrogen-bond acceptors (Lipinski definition) is 2. The molecule has 1 amide bonds. The van der Waals surface area contributed by atoms with E-state index >= 15 is 0 Å². The number of carbonyl (C=O) groups excluding carboxylic acids is 1. The maximum atomic E-state index is 13.0. The predicted octanol–water partition coefficient (Wildman–Crippen LogP) is 4.16. The van der Waals surface area contributed by atoms with E-state index in [1.54, 1.807) is 6.21 Å². The van der Waals surface area contributed by atoms with E-state index in [4.69, 9.17) is 11.6 Å². The minimum atomic E-state index is -0.204. The maximum absolute atomic E-state index is 13.0. The summed E-state index contributed by atoms with van der Waals surface area (Å²) in [5.41, 5.74) is 4.95. The number of nitrogens with zero attached hydrogens (tertiary/aromatic N) is 1. The van der Waals surface area contributed by atoms with E-state index in [1.807, 2.05) is 30.3 Å². The highest BCUT2D eigenvalue weighted by Gasteiger charge is 3.01. The average molecular weight is 351 g/mol. The van der Waals surface area contributed by atoms with Gasteiger partial charge in [0.1, 0.15) is 0 Å². The second-order valence-electron chi connectivity index (χ2n) is 7.39. The Balaban J connectivity index is 1.35. The summed E-state index contributed by atoms with van der Waals surface area (Å²) >= 11 is 5.88. The number of hydrazone groups is 1. The second-order valence-corrected chi connectivity index (χ2v) is 7.83. The number of amides is 1. The molecule has 5 rings (SSSR count). The molecule has 0 aromatic heterocycles. The normalized spacial score (nSPS) is 34.4. The lowest BCUT2D eigenvalue weighted by Gasteiger charge is -2.27. The Morgan fingerprint density at radius 2 is 1.76 bits per heavy atom. The summed E-state index contributed by atoms with van der Waals surface area (Å²) in [7, 11) is 0. The molecular formula is C21H19ClN2O. The first-order valence-corrected chi connectivity index (χ1v) is 9.24. The van der Waals surface area contributed by atoms with Gasteiger partial charge in [0.15, 0.2) is 0 Å². The fraction of sp³-hybridized carbons (Fsp3) is 0.333. The van der Waals surface area contributed by atoms with Crippen LogP contribution in [0.1, 0.15) is 30.4 Å². The third-order valence-corrected chi connectivity index (χ3v) is 6.83. The van der Waals surface area contributed by atoms with Crippen molar-refractivity contribution in [2.24, 2.45) is 22.4 Å². The molecular weight excluding hydrogens is 332 g/mol. The van der Waals surface area contributed by atoms with Gasteiger partial charge in [0.25, 0.3) is 0 Å². The van der Waals surface area contributed by atoms with Crippen LogP contribution in [0.25, 0.3) is 0 Å². The number of benzene rings is 2. The molecule has 2 unspecified atom stereocenters. The zero-order chi connectivity index (χ0) is 17.1. The highest BCUT2D eigenvalue weighted by molar-refractivity contribution is 6.30. The zero-order valence-electron chi connectivity index (χ0n) is 13.8. The molecule has 4 heteroatoms. The standard InChI is InChI=1S/C21H19ClN2O/c22-16-11-9-14(10-12-16)13-23-24-19(25)21-17-7-4-8-18(21)20(17,21)15-5-2-1-3-6-15/h1-3,5-6,9-13,17-18H,4,7-8H2,(H,24,25)/b23-13-/t17-,18+,20?,21?. The molecule has 4 atom stereocenters. The molecule has 3 nitrogen and oxygen atoms in total. The quantitative estimate of drug-likeness (QED) is 0.653. The summed E-state index contributed by atoms with van der Waals surface area (Å²) in [6.07, 6.45) is 5.22. The largest absolute Gasteiger partial charge is 0.272 e. The van der Waals surface area contributed by atoms with E-state index < -0.39 is 0 Å². The molecule has 2 aromatic carbocycles. The van der Waals surface area contributed by atoms with Crippen molar-refractivity contribution in [1.29, 1.82) is 0 Å². The van der Waals surface area contributed by atoms with Crippen LogP contribution >= 0.6 is 11.6 Å². The van der Waals surface area contributed by atoms with Gasteiger partial charge in [-0.15, -0.1) is 0 Å². The number of rotatable bonds is 4. The smallest absolute Gasteiger partial charge is 0.247 e. The van der Waals surface area contributed by atoms with Crippen LogP contribution in [-0.4, -0.2) is 12.1 Å². The van der Waals surface area contributed by atoms with Crippen molar-refractivity contribution in [3.05, 3.63) is 70.7 Å². The van der Waals surface area contributed by atoms with Gasteiger partial charge in [0.05, 0.1) is 11.6 Å². The molecule has 0 spiro atoms. The summed E-state index contributed by atoms with van der Waals surface area (Å²) in [6.45, 7) is 0. The second kappa shape index (κ2) is 5.18.